The summed E-state index contributed by atoms with van der Waals surface area (Å²) in [6.45, 7) is 0.409. The van der Waals surface area contributed by atoms with Crippen LogP contribution >= 0.6 is 0 Å². The van der Waals surface area contributed by atoms with Gasteiger partial charge in [-0.05, 0) is 35.6 Å². The van der Waals surface area contributed by atoms with Gasteiger partial charge in [-0.3, -0.25) is 9.48 Å². The molecule has 1 aromatic heterocycles. The molecule has 5 rings (SSSR count). The Hall–Kier alpha value is -3.28. The van der Waals surface area contributed by atoms with Gasteiger partial charge in [0.05, 0.1) is 19.2 Å². The molecule has 29 heavy (non-hydrogen) atoms. The second kappa shape index (κ2) is 6.95. The summed E-state index contributed by atoms with van der Waals surface area (Å²) in [5.41, 5.74) is 5.84. The molecule has 0 fully saturated rings. The van der Waals surface area contributed by atoms with E-state index in [1.54, 1.807) is 0 Å². The van der Waals surface area contributed by atoms with E-state index in [2.05, 4.69) is 23.3 Å². The number of hydrogen-bond donors (Lipinski definition) is 1. The van der Waals surface area contributed by atoms with Crippen molar-refractivity contribution in [2.45, 2.75) is 31.3 Å². The largest absolute Gasteiger partial charge is 0.492 e. The Bertz CT molecular complexity index is 1090. The van der Waals surface area contributed by atoms with Crippen molar-refractivity contribution in [2.24, 2.45) is 7.05 Å². The van der Waals surface area contributed by atoms with Crippen molar-refractivity contribution in [3.8, 4) is 22.6 Å². The number of carboxylic acids is 1. The number of nitrogens with zero attached hydrogens (tertiary/aromatic N) is 2. The van der Waals surface area contributed by atoms with Crippen LogP contribution in [0.2, 0.25) is 0 Å². The third-order valence-corrected chi connectivity index (χ3v) is 5.80. The van der Waals surface area contributed by atoms with E-state index in [4.69, 9.17) is 14.6 Å². The smallest absolute Gasteiger partial charge is 0.304 e. The van der Waals surface area contributed by atoms with Gasteiger partial charge in [-0.15, -0.1) is 0 Å². The molecule has 0 saturated heterocycles. The Morgan fingerprint density at radius 1 is 1.31 bits per heavy atom. The first-order valence-electron chi connectivity index (χ1n) is 9.84. The van der Waals surface area contributed by atoms with E-state index in [0.29, 0.717) is 6.61 Å². The van der Waals surface area contributed by atoms with Crippen molar-refractivity contribution in [3.63, 3.8) is 0 Å². The molecule has 6 nitrogen and oxygen atoms in total. The molecule has 2 atom stereocenters. The molecule has 0 spiro atoms. The molecule has 6 heteroatoms. The molecular weight excluding hydrogens is 368 g/mol. The Morgan fingerprint density at radius 3 is 3.00 bits per heavy atom. The number of fused-ring (bicyclic) bond motifs is 2. The summed E-state index contributed by atoms with van der Waals surface area (Å²) in [7, 11) is 1.93. The van der Waals surface area contributed by atoms with Gasteiger partial charge in [-0.1, -0.05) is 24.3 Å². The lowest BCUT2D eigenvalue weighted by molar-refractivity contribution is -0.137. The highest BCUT2D eigenvalue weighted by atomic mass is 16.5. The highest BCUT2D eigenvalue weighted by Crippen LogP contribution is 2.42. The summed E-state index contributed by atoms with van der Waals surface area (Å²) in [6.07, 6.45) is 5.90. The first-order valence-corrected chi connectivity index (χ1v) is 9.84. The number of hydrogen-bond acceptors (Lipinski definition) is 4. The van der Waals surface area contributed by atoms with Crippen LogP contribution in [0, 0.1) is 0 Å². The van der Waals surface area contributed by atoms with Crippen molar-refractivity contribution < 1.29 is 19.4 Å². The lowest BCUT2D eigenvalue weighted by Crippen LogP contribution is -2.07. The Kier molecular flexibility index (Phi) is 4.27. The normalized spacial score (nSPS) is 19.5. The highest BCUT2D eigenvalue weighted by Gasteiger charge is 2.29. The van der Waals surface area contributed by atoms with Gasteiger partial charge in [0.15, 0.2) is 0 Å². The average molecular weight is 390 g/mol. The lowest BCUT2D eigenvalue weighted by Gasteiger charge is -2.16. The van der Waals surface area contributed by atoms with Crippen molar-refractivity contribution in [3.05, 3.63) is 65.5 Å². The zero-order valence-corrected chi connectivity index (χ0v) is 16.2. The second-order valence-electron chi connectivity index (χ2n) is 7.73. The number of aromatic nitrogens is 2. The first kappa shape index (κ1) is 17.8. The average Bonchev–Trinajstić information content (AvgIpc) is 3.41. The van der Waals surface area contributed by atoms with E-state index >= 15 is 0 Å². The summed E-state index contributed by atoms with van der Waals surface area (Å²) in [4.78, 5) is 11.0. The van der Waals surface area contributed by atoms with E-state index in [9.17, 15) is 4.79 Å². The van der Waals surface area contributed by atoms with Gasteiger partial charge >= 0.3 is 5.97 Å². The van der Waals surface area contributed by atoms with Crippen LogP contribution in [0.3, 0.4) is 0 Å². The molecule has 3 aromatic rings. The summed E-state index contributed by atoms with van der Waals surface area (Å²) in [5.74, 6) is 0.588. The third-order valence-electron chi connectivity index (χ3n) is 5.80. The standard InChI is InChI=1S/C23H22N2O4/c1-25-12-15(11-24-25)17-3-2-4-20-19(17)7-8-21(20)29-16-5-6-18-14(9-23(26)27)13-28-22(18)10-16/h2-6,10-12,14,21H,7-9,13H2,1H3,(H,26,27). The third kappa shape index (κ3) is 3.24. The van der Waals surface area contributed by atoms with Crippen molar-refractivity contribution in [2.75, 3.05) is 6.61 Å². The maximum Gasteiger partial charge on any atom is 0.304 e. The number of aliphatic carboxylic acids is 1. The summed E-state index contributed by atoms with van der Waals surface area (Å²) in [5, 5.41) is 13.4. The number of ether oxygens (including phenoxy) is 2. The van der Waals surface area contributed by atoms with Crippen LogP contribution in [0.25, 0.3) is 11.1 Å². The molecule has 1 aliphatic carbocycles. The molecule has 2 heterocycles. The molecule has 2 unspecified atom stereocenters. The van der Waals surface area contributed by atoms with Crippen LogP contribution in [0.15, 0.2) is 48.8 Å². The van der Waals surface area contributed by atoms with Crippen molar-refractivity contribution in [1.29, 1.82) is 0 Å². The fourth-order valence-corrected chi connectivity index (χ4v) is 4.44. The number of benzene rings is 2. The molecule has 0 radical (unpaired) electrons. The zero-order chi connectivity index (χ0) is 20.0. The van der Waals surface area contributed by atoms with Gasteiger partial charge in [0.1, 0.15) is 17.6 Å². The van der Waals surface area contributed by atoms with Crippen molar-refractivity contribution in [1.82, 2.24) is 9.78 Å². The SMILES string of the molecule is Cn1cc(-c2cccc3c2CCC3Oc2ccc3c(c2)OCC3CC(=O)O)cn1. The minimum Gasteiger partial charge on any atom is -0.492 e. The first-order chi connectivity index (χ1) is 14.1. The van der Waals surface area contributed by atoms with Crippen molar-refractivity contribution >= 4 is 5.97 Å². The van der Waals surface area contributed by atoms with Crippen LogP contribution in [-0.4, -0.2) is 27.5 Å². The van der Waals surface area contributed by atoms with E-state index in [-0.39, 0.29) is 18.4 Å². The highest BCUT2D eigenvalue weighted by molar-refractivity contribution is 5.69. The second-order valence-corrected chi connectivity index (χ2v) is 7.73. The Morgan fingerprint density at radius 2 is 2.21 bits per heavy atom. The molecule has 148 valence electrons. The minimum absolute atomic E-state index is 0.00380. The number of carboxylic acid groups (broad SMARTS) is 1. The molecular formula is C23H22N2O4. The zero-order valence-electron chi connectivity index (χ0n) is 16.2. The molecule has 1 aliphatic heterocycles. The maximum absolute atomic E-state index is 11.0. The fourth-order valence-electron chi connectivity index (χ4n) is 4.44. The maximum atomic E-state index is 11.0. The van der Waals surface area contributed by atoms with E-state index in [1.165, 1.54) is 16.7 Å². The van der Waals surface area contributed by atoms with Gasteiger partial charge in [-0.25, -0.2) is 0 Å². The van der Waals surface area contributed by atoms with E-state index in [0.717, 1.165) is 35.5 Å². The van der Waals surface area contributed by atoms with Gasteiger partial charge in [0.25, 0.3) is 0 Å². The van der Waals surface area contributed by atoms with Crippen LogP contribution < -0.4 is 9.47 Å². The van der Waals surface area contributed by atoms with Crippen LogP contribution in [0.4, 0.5) is 0 Å². The minimum atomic E-state index is -0.807. The van der Waals surface area contributed by atoms with Gasteiger partial charge < -0.3 is 14.6 Å². The van der Waals surface area contributed by atoms with E-state index in [1.807, 2.05) is 42.3 Å². The topological polar surface area (TPSA) is 73.6 Å². The van der Waals surface area contributed by atoms with Crippen LogP contribution in [0.1, 0.15) is 41.6 Å². The molecule has 0 amide bonds. The molecule has 0 bridgehead atoms. The molecule has 1 N–H and O–H groups in total. The fraction of sp³-hybridized carbons (Fsp3) is 0.304. The number of carbonyl (C=O) groups is 1. The summed E-state index contributed by atoms with van der Waals surface area (Å²) < 4.78 is 13.9. The number of rotatable bonds is 5. The Labute approximate surface area is 168 Å². The predicted molar refractivity (Wildman–Crippen MR) is 107 cm³/mol. The van der Waals surface area contributed by atoms with E-state index < -0.39 is 5.97 Å². The molecule has 0 saturated carbocycles. The van der Waals surface area contributed by atoms with Crippen LogP contribution in [0.5, 0.6) is 11.5 Å². The molecule has 2 aromatic carbocycles. The van der Waals surface area contributed by atoms with Gasteiger partial charge in [-0.2, -0.15) is 5.10 Å². The van der Waals surface area contributed by atoms with Gasteiger partial charge in [0, 0.05) is 36.4 Å². The summed E-state index contributed by atoms with van der Waals surface area (Å²) >= 11 is 0. The van der Waals surface area contributed by atoms with Gasteiger partial charge in [0.2, 0.25) is 0 Å². The molecule has 2 aliphatic rings. The quantitative estimate of drug-likeness (QED) is 0.710. The van der Waals surface area contributed by atoms with Crippen LogP contribution in [-0.2, 0) is 18.3 Å². The summed E-state index contributed by atoms with van der Waals surface area (Å²) in [6, 6.07) is 12.1. The Balaban J connectivity index is 1.38. The monoisotopic (exact) mass is 390 g/mol. The lowest BCUT2D eigenvalue weighted by atomic mass is 9.98. The number of aryl methyl sites for hydroxylation is 1. The predicted octanol–water partition coefficient (Wildman–Crippen LogP) is 4.10.